The highest BCUT2D eigenvalue weighted by atomic mass is 16.6. The molecule has 0 fully saturated rings. The Morgan fingerprint density at radius 2 is 1.86 bits per heavy atom. The number of nitrogens with one attached hydrogen (secondary N) is 1. The van der Waals surface area contributed by atoms with Gasteiger partial charge in [0.15, 0.2) is 0 Å². The molecule has 1 rings (SSSR count). The zero-order valence-corrected chi connectivity index (χ0v) is 8.76. The van der Waals surface area contributed by atoms with E-state index >= 15 is 0 Å². The van der Waals surface area contributed by atoms with Gasteiger partial charge < -0.3 is 0 Å². The van der Waals surface area contributed by atoms with Crippen LogP contribution >= 0.6 is 0 Å². The fourth-order valence-corrected chi connectivity index (χ4v) is 1.30. The van der Waals surface area contributed by atoms with E-state index in [1.165, 1.54) is 0 Å². The van der Waals surface area contributed by atoms with Gasteiger partial charge in [0, 0.05) is 5.56 Å². The molecule has 0 saturated carbocycles. The number of hydrogen-bond acceptors (Lipinski definition) is 2. The Labute approximate surface area is 84.0 Å². The molecule has 0 heterocycles. The maximum atomic E-state index is 11.5. The van der Waals surface area contributed by atoms with Crippen LogP contribution in [0.2, 0.25) is 0 Å². The van der Waals surface area contributed by atoms with Gasteiger partial charge in [0.25, 0.3) is 5.91 Å². The van der Waals surface area contributed by atoms with Crippen LogP contribution in [0.1, 0.15) is 28.4 Å². The minimum Gasteiger partial charge on any atom is -0.274 e. The molecule has 3 heteroatoms. The van der Waals surface area contributed by atoms with Crippen molar-refractivity contribution in [2.24, 2.45) is 0 Å². The highest BCUT2D eigenvalue weighted by Gasteiger charge is 2.05. The summed E-state index contributed by atoms with van der Waals surface area (Å²) in [6, 6.07) is 5.69. The molecule has 76 valence electrons. The fraction of sp³-hybridized carbons (Fsp3) is 0.364. The van der Waals surface area contributed by atoms with Gasteiger partial charge in [-0.3, -0.25) is 9.63 Å². The Kier molecular flexibility index (Phi) is 3.65. The predicted octanol–water partition coefficient (Wildman–Crippen LogP) is 1.98. The fourth-order valence-electron chi connectivity index (χ4n) is 1.30. The first kappa shape index (κ1) is 10.7. The van der Waals surface area contributed by atoms with Crippen LogP contribution in [-0.4, -0.2) is 12.5 Å². The lowest BCUT2D eigenvalue weighted by Gasteiger charge is -2.05. The number of hydrogen-bond donors (Lipinski definition) is 1. The SMILES string of the molecule is CCONC(=O)c1cc(C)cc(C)c1. The summed E-state index contributed by atoms with van der Waals surface area (Å²) in [5, 5.41) is 0. The monoisotopic (exact) mass is 193 g/mol. The lowest BCUT2D eigenvalue weighted by molar-refractivity contribution is 0.0364. The van der Waals surface area contributed by atoms with Crippen LogP contribution < -0.4 is 5.48 Å². The predicted molar refractivity (Wildman–Crippen MR) is 55.0 cm³/mol. The molecule has 14 heavy (non-hydrogen) atoms. The minimum absolute atomic E-state index is 0.196. The van der Waals surface area contributed by atoms with Crippen molar-refractivity contribution in [3.63, 3.8) is 0 Å². The zero-order valence-electron chi connectivity index (χ0n) is 8.76. The molecule has 1 N–H and O–H groups in total. The van der Waals surface area contributed by atoms with E-state index in [-0.39, 0.29) is 5.91 Å². The molecule has 0 saturated heterocycles. The normalized spacial score (nSPS) is 9.93. The molecular formula is C11H15NO2. The summed E-state index contributed by atoms with van der Waals surface area (Å²) in [4.78, 5) is 16.3. The van der Waals surface area contributed by atoms with Crippen LogP contribution in [0.4, 0.5) is 0 Å². The molecular weight excluding hydrogens is 178 g/mol. The smallest absolute Gasteiger partial charge is 0.274 e. The molecule has 3 nitrogen and oxygen atoms in total. The third kappa shape index (κ3) is 2.85. The number of hydroxylamine groups is 1. The quantitative estimate of drug-likeness (QED) is 0.745. The van der Waals surface area contributed by atoms with Crippen molar-refractivity contribution in [1.29, 1.82) is 0 Å². The second-order valence-corrected chi connectivity index (χ2v) is 3.24. The van der Waals surface area contributed by atoms with Crippen molar-refractivity contribution >= 4 is 5.91 Å². The first-order chi connectivity index (χ1) is 6.63. The zero-order chi connectivity index (χ0) is 10.6. The molecule has 0 aliphatic carbocycles. The summed E-state index contributed by atoms with van der Waals surface area (Å²) in [5.41, 5.74) is 5.15. The largest absolute Gasteiger partial charge is 0.274 e. The number of benzene rings is 1. The first-order valence-electron chi connectivity index (χ1n) is 4.64. The topological polar surface area (TPSA) is 38.3 Å². The number of amides is 1. The summed E-state index contributed by atoms with van der Waals surface area (Å²) in [7, 11) is 0. The van der Waals surface area contributed by atoms with E-state index in [1.807, 2.05) is 39.0 Å². The van der Waals surface area contributed by atoms with Gasteiger partial charge in [0.2, 0.25) is 0 Å². The summed E-state index contributed by atoms with van der Waals surface area (Å²) in [6.07, 6.45) is 0. The van der Waals surface area contributed by atoms with Crippen LogP contribution in [0, 0.1) is 13.8 Å². The molecule has 0 aliphatic heterocycles. The van der Waals surface area contributed by atoms with Gasteiger partial charge in [-0.1, -0.05) is 17.2 Å². The van der Waals surface area contributed by atoms with Gasteiger partial charge in [-0.15, -0.1) is 0 Å². The maximum Gasteiger partial charge on any atom is 0.274 e. The van der Waals surface area contributed by atoms with E-state index in [1.54, 1.807) is 0 Å². The van der Waals surface area contributed by atoms with Crippen LogP contribution in [0.3, 0.4) is 0 Å². The summed E-state index contributed by atoms with van der Waals surface area (Å²) < 4.78 is 0. The Bertz CT molecular complexity index is 314. The number of aryl methyl sites for hydroxylation is 2. The van der Waals surface area contributed by atoms with Gasteiger partial charge in [0.05, 0.1) is 6.61 Å². The van der Waals surface area contributed by atoms with E-state index in [0.717, 1.165) is 11.1 Å². The molecule has 1 amide bonds. The Hall–Kier alpha value is -1.35. The summed E-state index contributed by atoms with van der Waals surface area (Å²) in [6.45, 7) is 6.22. The van der Waals surface area contributed by atoms with Gasteiger partial charge in [-0.05, 0) is 32.9 Å². The third-order valence-corrected chi connectivity index (χ3v) is 1.79. The van der Waals surface area contributed by atoms with Crippen molar-refractivity contribution in [2.45, 2.75) is 20.8 Å². The Morgan fingerprint density at radius 1 is 1.29 bits per heavy atom. The number of rotatable bonds is 3. The van der Waals surface area contributed by atoms with Crippen molar-refractivity contribution in [2.75, 3.05) is 6.61 Å². The van der Waals surface area contributed by atoms with E-state index in [4.69, 9.17) is 4.84 Å². The van der Waals surface area contributed by atoms with Crippen LogP contribution in [-0.2, 0) is 4.84 Å². The van der Waals surface area contributed by atoms with Crippen LogP contribution in [0.25, 0.3) is 0 Å². The van der Waals surface area contributed by atoms with Crippen molar-refractivity contribution in [3.8, 4) is 0 Å². The lowest BCUT2D eigenvalue weighted by atomic mass is 10.1. The standard InChI is InChI=1S/C11H15NO2/c1-4-14-12-11(13)10-6-8(2)5-9(3)7-10/h5-7H,4H2,1-3H3,(H,12,13). The highest BCUT2D eigenvalue weighted by Crippen LogP contribution is 2.08. The summed E-state index contributed by atoms with van der Waals surface area (Å²) in [5.74, 6) is -0.196. The van der Waals surface area contributed by atoms with E-state index in [0.29, 0.717) is 12.2 Å². The Morgan fingerprint density at radius 3 is 2.36 bits per heavy atom. The molecule has 0 aliphatic rings. The van der Waals surface area contributed by atoms with Crippen LogP contribution in [0.5, 0.6) is 0 Å². The number of carbonyl (C=O) groups is 1. The number of carbonyl (C=O) groups excluding carboxylic acids is 1. The van der Waals surface area contributed by atoms with Crippen LogP contribution in [0.15, 0.2) is 18.2 Å². The molecule has 0 spiro atoms. The average Bonchev–Trinajstić information content (AvgIpc) is 2.12. The molecule has 1 aromatic carbocycles. The van der Waals surface area contributed by atoms with Gasteiger partial charge in [-0.2, -0.15) is 0 Å². The second kappa shape index (κ2) is 4.77. The first-order valence-corrected chi connectivity index (χ1v) is 4.64. The molecule has 0 bridgehead atoms. The third-order valence-electron chi connectivity index (χ3n) is 1.79. The van der Waals surface area contributed by atoms with Crippen molar-refractivity contribution in [1.82, 2.24) is 5.48 Å². The highest BCUT2D eigenvalue weighted by molar-refractivity contribution is 5.93. The van der Waals surface area contributed by atoms with Crippen molar-refractivity contribution in [3.05, 3.63) is 34.9 Å². The molecule has 0 aromatic heterocycles. The second-order valence-electron chi connectivity index (χ2n) is 3.24. The molecule has 1 aromatic rings. The molecule has 0 atom stereocenters. The lowest BCUT2D eigenvalue weighted by Crippen LogP contribution is -2.23. The average molecular weight is 193 g/mol. The minimum atomic E-state index is -0.196. The van der Waals surface area contributed by atoms with Gasteiger partial charge >= 0.3 is 0 Å². The van der Waals surface area contributed by atoms with E-state index in [2.05, 4.69) is 5.48 Å². The van der Waals surface area contributed by atoms with Crippen molar-refractivity contribution < 1.29 is 9.63 Å². The van der Waals surface area contributed by atoms with Gasteiger partial charge in [-0.25, -0.2) is 5.48 Å². The molecule has 0 radical (unpaired) electrons. The summed E-state index contributed by atoms with van der Waals surface area (Å²) >= 11 is 0. The van der Waals surface area contributed by atoms with Gasteiger partial charge in [0.1, 0.15) is 0 Å². The van der Waals surface area contributed by atoms with E-state index < -0.39 is 0 Å². The molecule has 0 unspecified atom stereocenters. The maximum absolute atomic E-state index is 11.5. The van der Waals surface area contributed by atoms with E-state index in [9.17, 15) is 4.79 Å². The Balaban J connectivity index is 2.79.